The maximum Gasteiger partial charge on any atom is 0.157 e. The molecule has 0 unspecified atom stereocenters. The van der Waals surface area contributed by atoms with E-state index in [4.69, 9.17) is 4.98 Å². The Morgan fingerprint density at radius 1 is 0.895 bits per heavy atom. The summed E-state index contributed by atoms with van der Waals surface area (Å²) in [7, 11) is 0. The van der Waals surface area contributed by atoms with Gasteiger partial charge in [0.1, 0.15) is 5.69 Å². The van der Waals surface area contributed by atoms with Crippen LogP contribution in [-0.2, 0) is 12.8 Å². The van der Waals surface area contributed by atoms with E-state index in [1.54, 1.807) is 0 Å². The van der Waals surface area contributed by atoms with Crippen LogP contribution in [0.5, 0.6) is 0 Å². The van der Waals surface area contributed by atoms with Crippen molar-refractivity contribution in [3.05, 3.63) is 47.7 Å². The molecule has 0 spiro atoms. The lowest BCUT2D eigenvalue weighted by Crippen LogP contribution is -2.05. The van der Waals surface area contributed by atoms with Gasteiger partial charge in [-0.15, -0.1) is 0 Å². The predicted molar refractivity (Wildman–Crippen MR) is 76.0 cm³/mol. The Kier molecular flexibility index (Phi) is 2.37. The molecule has 1 aliphatic rings. The number of hydrogen-bond donors (Lipinski definition) is 1. The van der Waals surface area contributed by atoms with E-state index in [0.717, 1.165) is 29.0 Å². The van der Waals surface area contributed by atoms with Crippen molar-refractivity contribution in [1.82, 2.24) is 15.0 Å². The van der Waals surface area contributed by atoms with Gasteiger partial charge in [-0.3, -0.25) is 0 Å². The predicted octanol–water partition coefficient (Wildman–Crippen LogP) is 3.50. The number of para-hydroxylation sites is 2. The fraction of sp³-hybridized carbons (Fsp3) is 0.250. The molecule has 3 nitrogen and oxygen atoms in total. The molecule has 0 saturated carbocycles. The van der Waals surface area contributed by atoms with E-state index in [-0.39, 0.29) is 0 Å². The second kappa shape index (κ2) is 4.19. The number of H-pyrrole nitrogens is 1. The number of benzene rings is 1. The summed E-state index contributed by atoms with van der Waals surface area (Å²) in [6.45, 7) is 0. The summed E-state index contributed by atoms with van der Waals surface area (Å²) in [5.74, 6) is 0.870. The number of nitrogens with zero attached hydrogens (tertiary/aromatic N) is 2. The van der Waals surface area contributed by atoms with Crippen LogP contribution in [0.2, 0.25) is 0 Å². The largest absolute Gasteiger partial charge is 0.337 e. The van der Waals surface area contributed by atoms with Crippen molar-refractivity contribution in [3.63, 3.8) is 0 Å². The van der Waals surface area contributed by atoms with E-state index in [0.29, 0.717) is 0 Å². The highest BCUT2D eigenvalue weighted by atomic mass is 14.9. The first-order chi connectivity index (χ1) is 9.40. The molecule has 0 bridgehead atoms. The van der Waals surface area contributed by atoms with E-state index in [9.17, 15) is 0 Å². The quantitative estimate of drug-likeness (QED) is 0.717. The van der Waals surface area contributed by atoms with Gasteiger partial charge in [0.25, 0.3) is 0 Å². The van der Waals surface area contributed by atoms with Crippen molar-refractivity contribution in [2.45, 2.75) is 25.7 Å². The molecule has 0 radical (unpaired) electrons. The summed E-state index contributed by atoms with van der Waals surface area (Å²) >= 11 is 0. The van der Waals surface area contributed by atoms with E-state index in [1.165, 1.54) is 30.5 Å². The van der Waals surface area contributed by atoms with Crippen LogP contribution < -0.4 is 0 Å². The lowest BCUT2D eigenvalue weighted by atomic mass is 9.96. The van der Waals surface area contributed by atoms with Gasteiger partial charge in [-0.25, -0.2) is 9.97 Å². The molecular weight excluding hydrogens is 234 g/mol. The van der Waals surface area contributed by atoms with E-state index in [1.807, 2.05) is 24.3 Å². The summed E-state index contributed by atoms with van der Waals surface area (Å²) in [5, 5.41) is 0. The monoisotopic (exact) mass is 249 g/mol. The molecule has 94 valence electrons. The van der Waals surface area contributed by atoms with Gasteiger partial charge >= 0.3 is 0 Å². The third-order valence-electron chi connectivity index (χ3n) is 3.81. The maximum absolute atomic E-state index is 4.79. The van der Waals surface area contributed by atoms with Gasteiger partial charge in [0.05, 0.1) is 11.0 Å². The number of imidazole rings is 1. The van der Waals surface area contributed by atoms with Crippen molar-refractivity contribution in [2.24, 2.45) is 0 Å². The zero-order valence-corrected chi connectivity index (χ0v) is 10.7. The van der Waals surface area contributed by atoms with Crippen LogP contribution in [0.15, 0.2) is 36.4 Å². The average molecular weight is 249 g/mol. The number of fused-ring (bicyclic) bond motifs is 2. The Balaban J connectivity index is 1.83. The van der Waals surface area contributed by atoms with Crippen LogP contribution in [0.3, 0.4) is 0 Å². The average Bonchev–Trinajstić information content (AvgIpc) is 2.90. The second-order valence-electron chi connectivity index (χ2n) is 5.11. The second-order valence-corrected chi connectivity index (χ2v) is 5.11. The van der Waals surface area contributed by atoms with Gasteiger partial charge in [-0.1, -0.05) is 18.2 Å². The fourth-order valence-corrected chi connectivity index (χ4v) is 2.79. The molecule has 0 saturated heterocycles. The van der Waals surface area contributed by atoms with Crippen LogP contribution in [0.25, 0.3) is 22.6 Å². The van der Waals surface area contributed by atoms with Crippen molar-refractivity contribution < 1.29 is 0 Å². The van der Waals surface area contributed by atoms with Crippen molar-refractivity contribution in [2.75, 3.05) is 0 Å². The highest BCUT2D eigenvalue weighted by Gasteiger charge is 2.13. The first-order valence-electron chi connectivity index (χ1n) is 6.84. The minimum absolute atomic E-state index is 0.870. The highest BCUT2D eigenvalue weighted by Crippen LogP contribution is 2.24. The number of pyridine rings is 1. The molecule has 0 amide bonds. The highest BCUT2D eigenvalue weighted by molar-refractivity contribution is 5.78. The van der Waals surface area contributed by atoms with Gasteiger partial charge in [0.2, 0.25) is 0 Å². The Labute approximate surface area is 111 Å². The number of rotatable bonds is 1. The van der Waals surface area contributed by atoms with Crippen molar-refractivity contribution in [3.8, 4) is 11.5 Å². The third kappa shape index (κ3) is 1.82. The summed E-state index contributed by atoms with van der Waals surface area (Å²) in [4.78, 5) is 12.7. The van der Waals surface area contributed by atoms with Gasteiger partial charge < -0.3 is 4.98 Å². The first kappa shape index (κ1) is 10.7. The lowest BCUT2D eigenvalue weighted by molar-refractivity contribution is 0.668. The van der Waals surface area contributed by atoms with Gasteiger partial charge in [-0.05, 0) is 49.4 Å². The Hall–Kier alpha value is -2.16. The van der Waals surface area contributed by atoms with Gasteiger partial charge in [-0.2, -0.15) is 0 Å². The topological polar surface area (TPSA) is 41.6 Å². The Morgan fingerprint density at radius 2 is 1.79 bits per heavy atom. The number of aromatic amines is 1. The Bertz CT molecular complexity index is 710. The molecular formula is C16H15N3. The van der Waals surface area contributed by atoms with Crippen LogP contribution in [-0.4, -0.2) is 15.0 Å². The number of hydrogen-bond acceptors (Lipinski definition) is 2. The molecule has 2 aromatic heterocycles. The lowest BCUT2D eigenvalue weighted by Gasteiger charge is -2.14. The van der Waals surface area contributed by atoms with Crippen LogP contribution in [0.4, 0.5) is 0 Å². The molecule has 19 heavy (non-hydrogen) atoms. The number of aryl methyl sites for hydroxylation is 2. The molecule has 2 heterocycles. The van der Waals surface area contributed by atoms with Crippen molar-refractivity contribution >= 4 is 11.0 Å². The molecule has 0 aliphatic heterocycles. The normalized spacial score (nSPS) is 14.5. The molecule has 1 aliphatic carbocycles. The van der Waals surface area contributed by atoms with E-state index < -0.39 is 0 Å². The smallest absolute Gasteiger partial charge is 0.157 e. The van der Waals surface area contributed by atoms with Crippen molar-refractivity contribution in [1.29, 1.82) is 0 Å². The van der Waals surface area contributed by atoms with E-state index >= 15 is 0 Å². The molecule has 3 aromatic rings. The van der Waals surface area contributed by atoms with Crippen LogP contribution in [0.1, 0.15) is 24.1 Å². The van der Waals surface area contributed by atoms with Gasteiger partial charge in [0.15, 0.2) is 5.82 Å². The third-order valence-corrected chi connectivity index (χ3v) is 3.81. The summed E-state index contributed by atoms with van der Waals surface area (Å²) in [6.07, 6.45) is 4.81. The Morgan fingerprint density at radius 3 is 2.74 bits per heavy atom. The maximum atomic E-state index is 4.79. The number of aromatic nitrogens is 3. The molecule has 3 heteroatoms. The molecule has 1 N–H and O–H groups in total. The molecule has 4 rings (SSSR count). The SMILES string of the molecule is c1ccc2[nH]c(-c3ccc4c(n3)CCCC4)nc2c1. The zero-order chi connectivity index (χ0) is 12.7. The van der Waals surface area contributed by atoms with Gasteiger partial charge in [0, 0.05) is 5.69 Å². The zero-order valence-electron chi connectivity index (χ0n) is 10.7. The fourth-order valence-electron chi connectivity index (χ4n) is 2.79. The first-order valence-corrected chi connectivity index (χ1v) is 6.84. The standard InChI is InChI=1S/C16H15N3/c1-2-6-12-11(5-1)9-10-15(17-12)16-18-13-7-3-4-8-14(13)19-16/h3-4,7-10H,1-2,5-6H2,(H,18,19). The molecule has 1 aromatic carbocycles. The minimum Gasteiger partial charge on any atom is -0.337 e. The summed E-state index contributed by atoms with van der Waals surface area (Å²) in [5.41, 5.74) is 5.68. The van der Waals surface area contributed by atoms with E-state index in [2.05, 4.69) is 22.1 Å². The van der Waals surface area contributed by atoms with Crippen LogP contribution >= 0.6 is 0 Å². The summed E-state index contributed by atoms with van der Waals surface area (Å²) < 4.78 is 0. The molecule has 0 atom stereocenters. The number of nitrogens with one attached hydrogen (secondary N) is 1. The minimum atomic E-state index is 0.870. The summed E-state index contributed by atoms with van der Waals surface area (Å²) in [6, 6.07) is 12.4. The molecule has 0 fully saturated rings. The van der Waals surface area contributed by atoms with Crippen LogP contribution in [0, 0.1) is 0 Å².